The van der Waals surface area contributed by atoms with E-state index in [1.54, 1.807) is 6.92 Å². The Morgan fingerprint density at radius 3 is 2.50 bits per heavy atom. The van der Waals surface area contributed by atoms with Crippen LogP contribution in [0.5, 0.6) is 0 Å². The van der Waals surface area contributed by atoms with E-state index >= 15 is 0 Å². The van der Waals surface area contributed by atoms with E-state index < -0.39 is 5.97 Å². The quantitative estimate of drug-likeness (QED) is 0.927. The smallest absolute Gasteiger partial charge is 0.355 e. The Hall–Kier alpha value is -1.59. The highest BCUT2D eigenvalue weighted by Gasteiger charge is 2.20. The molecule has 1 unspecified atom stereocenters. The standard InChI is InChI=1S/C14H15ClN2O2S/c1-8(10-4-6-11(15)7-5-10)17(3)14-16-12(13(18)19)9(2)20-14/h4-8H,1-3H3,(H,18,19). The number of hydrogen-bond donors (Lipinski definition) is 1. The van der Waals surface area contributed by atoms with E-state index in [1.165, 1.54) is 11.3 Å². The summed E-state index contributed by atoms with van der Waals surface area (Å²) in [6, 6.07) is 7.69. The zero-order chi connectivity index (χ0) is 14.9. The number of aromatic carboxylic acids is 1. The van der Waals surface area contributed by atoms with Crippen LogP contribution in [0.25, 0.3) is 0 Å². The Balaban J connectivity index is 2.26. The van der Waals surface area contributed by atoms with E-state index in [2.05, 4.69) is 4.98 Å². The van der Waals surface area contributed by atoms with Crippen LogP contribution in [-0.2, 0) is 0 Å². The molecule has 0 aliphatic rings. The maximum atomic E-state index is 11.0. The monoisotopic (exact) mass is 310 g/mol. The van der Waals surface area contributed by atoms with Crippen molar-refractivity contribution >= 4 is 34.0 Å². The first-order chi connectivity index (χ1) is 9.40. The molecule has 1 N–H and O–H groups in total. The number of aryl methyl sites for hydroxylation is 1. The van der Waals surface area contributed by atoms with Gasteiger partial charge in [-0.1, -0.05) is 23.7 Å². The summed E-state index contributed by atoms with van der Waals surface area (Å²) in [4.78, 5) is 17.9. The summed E-state index contributed by atoms with van der Waals surface area (Å²) in [5.41, 5.74) is 1.22. The summed E-state index contributed by atoms with van der Waals surface area (Å²) >= 11 is 7.27. The van der Waals surface area contributed by atoms with Gasteiger partial charge in [-0.15, -0.1) is 11.3 Å². The highest BCUT2D eigenvalue weighted by molar-refractivity contribution is 7.15. The summed E-state index contributed by atoms with van der Waals surface area (Å²) in [5, 5.41) is 10.5. The van der Waals surface area contributed by atoms with Gasteiger partial charge in [0.05, 0.1) is 6.04 Å². The Morgan fingerprint density at radius 2 is 2.00 bits per heavy atom. The zero-order valence-corrected chi connectivity index (χ0v) is 13.0. The van der Waals surface area contributed by atoms with Crippen LogP contribution < -0.4 is 4.90 Å². The number of carboxylic acids is 1. The number of carboxylic acid groups (broad SMARTS) is 1. The van der Waals surface area contributed by atoms with Gasteiger partial charge in [0.15, 0.2) is 10.8 Å². The summed E-state index contributed by atoms with van der Waals surface area (Å²) < 4.78 is 0. The van der Waals surface area contributed by atoms with Gasteiger partial charge >= 0.3 is 5.97 Å². The van der Waals surface area contributed by atoms with Gasteiger partial charge in [-0.05, 0) is 31.5 Å². The molecule has 0 aliphatic heterocycles. The number of thiazole rings is 1. The molecule has 0 bridgehead atoms. The molecule has 0 fully saturated rings. The van der Waals surface area contributed by atoms with Crippen molar-refractivity contribution < 1.29 is 9.90 Å². The van der Waals surface area contributed by atoms with Crippen molar-refractivity contribution in [2.45, 2.75) is 19.9 Å². The van der Waals surface area contributed by atoms with Crippen molar-refractivity contribution in [1.82, 2.24) is 4.98 Å². The van der Waals surface area contributed by atoms with E-state index in [4.69, 9.17) is 16.7 Å². The first-order valence-corrected chi connectivity index (χ1v) is 7.28. The van der Waals surface area contributed by atoms with E-state index in [1.807, 2.05) is 43.1 Å². The van der Waals surface area contributed by atoms with Crippen molar-refractivity contribution in [2.75, 3.05) is 11.9 Å². The van der Waals surface area contributed by atoms with Crippen LogP contribution in [0, 0.1) is 6.92 Å². The van der Waals surface area contributed by atoms with Crippen LogP contribution in [0.3, 0.4) is 0 Å². The fourth-order valence-electron chi connectivity index (χ4n) is 1.86. The van der Waals surface area contributed by atoms with Crippen molar-refractivity contribution in [2.24, 2.45) is 0 Å². The van der Waals surface area contributed by atoms with Gasteiger partial charge in [0.2, 0.25) is 0 Å². The molecule has 106 valence electrons. The lowest BCUT2D eigenvalue weighted by molar-refractivity contribution is 0.0690. The molecule has 0 saturated heterocycles. The van der Waals surface area contributed by atoms with Gasteiger partial charge in [0, 0.05) is 16.9 Å². The van der Waals surface area contributed by atoms with Gasteiger partial charge in [-0.25, -0.2) is 9.78 Å². The summed E-state index contributed by atoms with van der Waals surface area (Å²) in [5.74, 6) is -0.988. The molecule has 1 heterocycles. The normalized spacial score (nSPS) is 12.2. The lowest BCUT2D eigenvalue weighted by atomic mass is 10.1. The minimum absolute atomic E-state index is 0.0828. The average Bonchev–Trinajstić information content (AvgIpc) is 2.80. The van der Waals surface area contributed by atoms with Crippen LogP contribution in [0.2, 0.25) is 5.02 Å². The third-order valence-electron chi connectivity index (χ3n) is 3.22. The number of rotatable bonds is 4. The minimum atomic E-state index is -0.988. The van der Waals surface area contributed by atoms with Crippen molar-refractivity contribution in [3.05, 3.63) is 45.4 Å². The third kappa shape index (κ3) is 2.94. The molecule has 2 aromatic rings. The molecule has 1 aromatic carbocycles. The largest absolute Gasteiger partial charge is 0.476 e. The molecule has 2 rings (SSSR count). The van der Waals surface area contributed by atoms with Gasteiger partial charge < -0.3 is 10.0 Å². The van der Waals surface area contributed by atoms with Gasteiger partial charge in [-0.3, -0.25) is 0 Å². The van der Waals surface area contributed by atoms with Crippen LogP contribution in [0.15, 0.2) is 24.3 Å². The maximum Gasteiger partial charge on any atom is 0.355 e. The molecule has 0 saturated carbocycles. The Labute approximate surface area is 126 Å². The molecule has 20 heavy (non-hydrogen) atoms. The summed E-state index contributed by atoms with van der Waals surface area (Å²) in [6.45, 7) is 3.81. The number of nitrogens with zero attached hydrogens (tertiary/aromatic N) is 2. The summed E-state index contributed by atoms with van der Waals surface area (Å²) in [6.07, 6.45) is 0. The first kappa shape index (κ1) is 14.8. The fraction of sp³-hybridized carbons (Fsp3) is 0.286. The van der Waals surface area contributed by atoms with Crippen LogP contribution in [0.4, 0.5) is 5.13 Å². The van der Waals surface area contributed by atoms with Gasteiger partial charge in [-0.2, -0.15) is 0 Å². The first-order valence-electron chi connectivity index (χ1n) is 6.09. The lowest BCUT2D eigenvalue weighted by Crippen LogP contribution is -2.21. The van der Waals surface area contributed by atoms with Gasteiger partial charge in [0.25, 0.3) is 0 Å². The molecule has 1 atom stereocenters. The molecule has 1 aromatic heterocycles. The Kier molecular flexibility index (Phi) is 4.30. The number of hydrogen-bond acceptors (Lipinski definition) is 4. The van der Waals surface area contributed by atoms with Gasteiger partial charge in [0.1, 0.15) is 0 Å². The van der Waals surface area contributed by atoms with E-state index in [-0.39, 0.29) is 11.7 Å². The molecule has 0 radical (unpaired) electrons. The second-order valence-corrected chi connectivity index (χ2v) is 6.16. The average molecular weight is 311 g/mol. The van der Waals surface area contributed by atoms with E-state index in [0.717, 1.165) is 5.56 Å². The van der Waals surface area contributed by atoms with Crippen molar-refractivity contribution in [1.29, 1.82) is 0 Å². The maximum absolute atomic E-state index is 11.0. The Morgan fingerprint density at radius 1 is 1.40 bits per heavy atom. The topological polar surface area (TPSA) is 53.4 Å². The molecule has 0 aliphatic carbocycles. The number of carbonyl (C=O) groups is 1. The fourth-order valence-corrected chi connectivity index (χ4v) is 2.93. The molecular formula is C14H15ClN2O2S. The molecule has 6 heteroatoms. The molecule has 4 nitrogen and oxygen atoms in total. The second kappa shape index (κ2) is 5.81. The third-order valence-corrected chi connectivity index (χ3v) is 4.54. The molecule has 0 spiro atoms. The van der Waals surface area contributed by atoms with Crippen molar-refractivity contribution in [3.8, 4) is 0 Å². The highest BCUT2D eigenvalue weighted by atomic mass is 35.5. The molecular weight excluding hydrogens is 296 g/mol. The van der Waals surface area contributed by atoms with Crippen LogP contribution >= 0.6 is 22.9 Å². The van der Waals surface area contributed by atoms with E-state index in [9.17, 15) is 4.79 Å². The highest BCUT2D eigenvalue weighted by Crippen LogP contribution is 2.31. The number of aromatic nitrogens is 1. The van der Waals surface area contributed by atoms with Crippen LogP contribution in [-0.4, -0.2) is 23.1 Å². The second-order valence-electron chi connectivity index (χ2n) is 4.54. The number of benzene rings is 1. The summed E-state index contributed by atoms with van der Waals surface area (Å²) in [7, 11) is 1.91. The predicted octanol–water partition coefficient (Wildman–Crippen LogP) is 4.00. The number of halogens is 1. The van der Waals surface area contributed by atoms with Crippen molar-refractivity contribution in [3.63, 3.8) is 0 Å². The predicted molar refractivity (Wildman–Crippen MR) is 82.1 cm³/mol. The number of anilines is 1. The van der Waals surface area contributed by atoms with Crippen LogP contribution in [0.1, 0.15) is 33.9 Å². The SMILES string of the molecule is Cc1sc(N(C)C(C)c2ccc(Cl)cc2)nc1C(=O)O. The zero-order valence-electron chi connectivity index (χ0n) is 11.4. The minimum Gasteiger partial charge on any atom is -0.476 e. The van der Waals surface area contributed by atoms with E-state index in [0.29, 0.717) is 15.0 Å². The lowest BCUT2D eigenvalue weighted by Gasteiger charge is -2.24. The molecule has 0 amide bonds. The Bertz CT molecular complexity index is 625.